The summed E-state index contributed by atoms with van der Waals surface area (Å²) in [6.45, 7) is 2.77. The third-order valence-electron chi connectivity index (χ3n) is 5.10. The molecule has 1 aliphatic heterocycles. The van der Waals surface area contributed by atoms with Crippen molar-refractivity contribution in [3.63, 3.8) is 0 Å². The fraction of sp³-hybridized carbons (Fsp3) is 0.217. The van der Waals surface area contributed by atoms with E-state index in [1.165, 1.54) is 24.4 Å². The first-order valence-electron chi connectivity index (χ1n) is 9.79. The highest BCUT2D eigenvalue weighted by Gasteiger charge is 2.23. The molecule has 6 nitrogen and oxygen atoms in total. The van der Waals surface area contributed by atoms with Crippen LogP contribution in [0.15, 0.2) is 71.7 Å². The minimum absolute atomic E-state index is 0.116. The van der Waals surface area contributed by atoms with E-state index in [1.807, 2.05) is 18.2 Å². The predicted molar refractivity (Wildman–Crippen MR) is 112 cm³/mol. The number of carbonyl (C=O) groups is 1. The van der Waals surface area contributed by atoms with Crippen molar-refractivity contribution in [3.05, 3.63) is 94.2 Å². The number of aromatic amines is 1. The van der Waals surface area contributed by atoms with Crippen molar-refractivity contribution in [1.29, 1.82) is 0 Å². The van der Waals surface area contributed by atoms with Gasteiger partial charge in [0.1, 0.15) is 18.1 Å². The van der Waals surface area contributed by atoms with Gasteiger partial charge in [0.25, 0.3) is 5.91 Å². The molecule has 0 bridgehead atoms. The first kappa shape index (κ1) is 19.7. The predicted octanol–water partition coefficient (Wildman–Crippen LogP) is 3.06. The Morgan fingerprint density at radius 3 is 2.37 bits per heavy atom. The standard InChI is InChI=1S/C23H22FN3O3/c24-18-8-6-17(7-9-18)16-30-22-15-25-20(14-21(22)28)23(29)27-12-10-26(11-13-27)19-4-2-1-3-5-19/h1-9,14-15H,10-13,16H2,(H,25,28). The molecule has 154 valence electrons. The first-order chi connectivity index (χ1) is 14.6. The minimum Gasteiger partial charge on any atom is -0.483 e. The summed E-state index contributed by atoms with van der Waals surface area (Å²) in [6, 6.07) is 17.2. The molecule has 1 aliphatic rings. The zero-order valence-corrected chi connectivity index (χ0v) is 16.4. The van der Waals surface area contributed by atoms with Crippen molar-refractivity contribution in [2.75, 3.05) is 31.1 Å². The van der Waals surface area contributed by atoms with Crippen molar-refractivity contribution in [3.8, 4) is 5.75 Å². The molecule has 0 saturated carbocycles. The van der Waals surface area contributed by atoms with Gasteiger partial charge in [0, 0.05) is 44.1 Å². The molecule has 2 aromatic carbocycles. The Bertz CT molecular complexity index is 1060. The van der Waals surface area contributed by atoms with Crippen LogP contribution in [0.3, 0.4) is 0 Å². The second-order valence-corrected chi connectivity index (χ2v) is 7.11. The van der Waals surface area contributed by atoms with E-state index in [-0.39, 0.29) is 35.2 Å². The quantitative estimate of drug-likeness (QED) is 0.706. The highest BCUT2D eigenvalue weighted by molar-refractivity contribution is 5.92. The summed E-state index contributed by atoms with van der Waals surface area (Å²) < 4.78 is 18.5. The number of pyridine rings is 1. The zero-order valence-electron chi connectivity index (χ0n) is 16.4. The van der Waals surface area contributed by atoms with Crippen molar-refractivity contribution in [1.82, 2.24) is 9.88 Å². The van der Waals surface area contributed by atoms with Crippen molar-refractivity contribution in [2.45, 2.75) is 6.61 Å². The van der Waals surface area contributed by atoms with E-state index < -0.39 is 0 Å². The molecule has 1 amide bonds. The van der Waals surface area contributed by atoms with E-state index in [2.05, 4.69) is 22.0 Å². The maximum absolute atomic E-state index is 13.0. The number of nitrogens with one attached hydrogen (secondary N) is 1. The average molecular weight is 407 g/mol. The number of hydrogen-bond acceptors (Lipinski definition) is 4. The number of ether oxygens (including phenoxy) is 1. The lowest BCUT2D eigenvalue weighted by Crippen LogP contribution is -2.49. The Kier molecular flexibility index (Phi) is 5.79. The number of amides is 1. The average Bonchev–Trinajstić information content (AvgIpc) is 2.79. The van der Waals surface area contributed by atoms with E-state index in [4.69, 9.17) is 4.74 Å². The summed E-state index contributed by atoms with van der Waals surface area (Å²) in [5.74, 6) is -0.418. The van der Waals surface area contributed by atoms with E-state index in [0.29, 0.717) is 13.1 Å². The van der Waals surface area contributed by atoms with Crippen LogP contribution in [0.1, 0.15) is 16.1 Å². The summed E-state index contributed by atoms with van der Waals surface area (Å²) in [4.78, 5) is 32.0. The molecule has 1 N–H and O–H groups in total. The van der Waals surface area contributed by atoms with Gasteiger partial charge in [-0.2, -0.15) is 0 Å². The van der Waals surface area contributed by atoms with Crippen LogP contribution in [0.4, 0.5) is 10.1 Å². The van der Waals surface area contributed by atoms with E-state index in [9.17, 15) is 14.0 Å². The number of nitrogens with zero attached hydrogens (tertiary/aromatic N) is 2. The Hall–Kier alpha value is -3.61. The van der Waals surface area contributed by atoms with Gasteiger partial charge >= 0.3 is 0 Å². The number of piperazine rings is 1. The molecule has 0 unspecified atom stereocenters. The number of anilines is 1. The number of rotatable bonds is 5. The third kappa shape index (κ3) is 4.51. The van der Waals surface area contributed by atoms with Gasteiger partial charge in [0.15, 0.2) is 5.75 Å². The smallest absolute Gasteiger partial charge is 0.270 e. The van der Waals surface area contributed by atoms with Crippen LogP contribution in [-0.2, 0) is 6.61 Å². The van der Waals surface area contributed by atoms with Gasteiger partial charge in [-0.15, -0.1) is 0 Å². The summed E-state index contributed by atoms with van der Waals surface area (Å²) in [5.41, 5.74) is 1.75. The lowest BCUT2D eigenvalue weighted by Gasteiger charge is -2.36. The maximum Gasteiger partial charge on any atom is 0.270 e. The number of para-hydroxylation sites is 1. The fourth-order valence-corrected chi connectivity index (χ4v) is 3.41. The number of halogens is 1. The van der Waals surface area contributed by atoms with Gasteiger partial charge in [-0.05, 0) is 29.8 Å². The highest BCUT2D eigenvalue weighted by Crippen LogP contribution is 2.16. The first-order valence-corrected chi connectivity index (χ1v) is 9.79. The zero-order chi connectivity index (χ0) is 20.9. The molecule has 0 aliphatic carbocycles. The molecular weight excluding hydrogens is 385 g/mol. The molecular formula is C23H22FN3O3. The molecule has 30 heavy (non-hydrogen) atoms. The lowest BCUT2D eigenvalue weighted by atomic mass is 10.2. The number of benzene rings is 2. The van der Waals surface area contributed by atoms with Crippen molar-refractivity contribution < 1.29 is 13.9 Å². The summed E-state index contributed by atoms with van der Waals surface area (Å²) in [5, 5.41) is 0. The third-order valence-corrected chi connectivity index (χ3v) is 5.10. The number of H-pyrrole nitrogens is 1. The SMILES string of the molecule is O=C(c1cc(=O)c(OCc2ccc(F)cc2)c[nH]1)N1CCN(c2ccccc2)CC1. The Balaban J connectivity index is 1.36. The molecule has 0 atom stereocenters. The van der Waals surface area contributed by atoms with Crippen LogP contribution in [0.2, 0.25) is 0 Å². The molecule has 7 heteroatoms. The lowest BCUT2D eigenvalue weighted by molar-refractivity contribution is 0.0740. The van der Waals surface area contributed by atoms with Gasteiger partial charge in [0.2, 0.25) is 5.43 Å². The normalized spacial score (nSPS) is 13.9. The topological polar surface area (TPSA) is 65.6 Å². The van der Waals surface area contributed by atoms with Crippen LogP contribution >= 0.6 is 0 Å². The Labute approximate surface area is 173 Å². The van der Waals surface area contributed by atoms with Gasteiger partial charge in [-0.3, -0.25) is 9.59 Å². The molecule has 1 saturated heterocycles. The van der Waals surface area contributed by atoms with Gasteiger partial charge in [0.05, 0.1) is 0 Å². The molecule has 0 spiro atoms. The molecule has 4 rings (SSSR count). The van der Waals surface area contributed by atoms with Gasteiger partial charge < -0.3 is 19.5 Å². The van der Waals surface area contributed by atoms with Gasteiger partial charge in [-0.25, -0.2) is 4.39 Å². The summed E-state index contributed by atoms with van der Waals surface area (Å²) >= 11 is 0. The van der Waals surface area contributed by atoms with E-state index in [1.54, 1.807) is 17.0 Å². The highest BCUT2D eigenvalue weighted by atomic mass is 19.1. The summed E-state index contributed by atoms with van der Waals surface area (Å²) in [7, 11) is 0. The Morgan fingerprint density at radius 1 is 1.00 bits per heavy atom. The second-order valence-electron chi connectivity index (χ2n) is 7.11. The number of carbonyl (C=O) groups excluding carboxylic acids is 1. The second kappa shape index (κ2) is 8.82. The largest absolute Gasteiger partial charge is 0.483 e. The van der Waals surface area contributed by atoms with Crippen LogP contribution in [0.25, 0.3) is 0 Å². The van der Waals surface area contributed by atoms with Crippen LogP contribution in [0, 0.1) is 5.82 Å². The number of hydrogen-bond donors (Lipinski definition) is 1. The van der Waals surface area contributed by atoms with Crippen LogP contribution < -0.4 is 15.1 Å². The fourth-order valence-electron chi connectivity index (χ4n) is 3.41. The van der Waals surface area contributed by atoms with Crippen molar-refractivity contribution in [2.24, 2.45) is 0 Å². The Morgan fingerprint density at radius 2 is 1.70 bits per heavy atom. The summed E-state index contributed by atoms with van der Waals surface area (Å²) in [6.07, 6.45) is 1.40. The maximum atomic E-state index is 13.0. The van der Waals surface area contributed by atoms with E-state index >= 15 is 0 Å². The molecule has 3 aromatic rings. The molecule has 2 heterocycles. The monoisotopic (exact) mass is 407 g/mol. The minimum atomic E-state index is -0.373. The van der Waals surface area contributed by atoms with Crippen LogP contribution in [0.5, 0.6) is 5.75 Å². The molecule has 0 radical (unpaired) electrons. The number of aromatic nitrogens is 1. The molecule has 1 aromatic heterocycles. The van der Waals surface area contributed by atoms with E-state index in [0.717, 1.165) is 24.3 Å². The van der Waals surface area contributed by atoms with Gasteiger partial charge in [-0.1, -0.05) is 30.3 Å². The van der Waals surface area contributed by atoms with Crippen molar-refractivity contribution >= 4 is 11.6 Å². The van der Waals surface area contributed by atoms with Crippen LogP contribution in [-0.4, -0.2) is 42.0 Å². The molecule has 1 fully saturated rings.